The van der Waals surface area contributed by atoms with Crippen molar-refractivity contribution in [1.82, 2.24) is 5.32 Å². The van der Waals surface area contributed by atoms with E-state index in [2.05, 4.69) is 10.6 Å². The van der Waals surface area contributed by atoms with Crippen LogP contribution in [0.25, 0.3) is 0 Å². The van der Waals surface area contributed by atoms with E-state index in [0.29, 0.717) is 18.8 Å². The molecule has 0 aliphatic carbocycles. The fourth-order valence-corrected chi connectivity index (χ4v) is 1.71. The molecule has 19 heavy (non-hydrogen) atoms. The average molecular weight is 330 g/mol. The lowest BCUT2D eigenvalue weighted by Gasteiger charge is -2.08. The van der Waals surface area contributed by atoms with Crippen LogP contribution >= 0.6 is 35.6 Å². The third-order valence-electron chi connectivity index (χ3n) is 2.07. The minimum Gasteiger partial charge on any atom is -0.505 e. The van der Waals surface area contributed by atoms with Crippen LogP contribution in [0, 0.1) is 0 Å². The molecule has 1 amide bonds. The largest absolute Gasteiger partial charge is 0.505 e. The summed E-state index contributed by atoms with van der Waals surface area (Å²) in [5, 5.41) is 15.0. The van der Waals surface area contributed by atoms with E-state index in [9.17, 15) is 9.90 Å². The first kappa shape index (κ1) is 18.3. The number of ether oxygens (including phenoxy) is 1. The maximum Gasteiger partial charge on any atom is 0.238 e. The van der Waals surface area contributed by atoms with Crippen LogP contribution in [0.15, 0.2) is 12.1 Å². The molecule has 0 atom stereocenters. The molecule has 5 nitrogen and oxygen atoms in total. The van der Waals surface area contributed by atoms with Crippen molar-refractivity contribution < 1.29 is 14.6 Å². The molecule has 3 N–H and O–H groups in total. The lowest BCUT2D eigenvalue weighted by Crippen LogP contribution is -2.30. The zero-order chi connectivity index (χ0) is 13.5. The van der Waals surface area contributed by atoms with Crippen molar-refractivity contribution in [2.45, 2.75) is 0 Å². The van der Waals surface area contributed by atoms with Gasteiger partial charge in [-0.25, -0.2) is 0 Å². The highest BCUT2D eigenvalue weighted by Gasteiger charge is 2.08. The number of amides is 1. The second-order valence-corrected chi connectivity index (χ2v) is 4.32. The minimum absolute atomic E-state index is 0. The van der Waals surface area contributed by atoms with E-state index in [1.807, 2.05) is 0 Å². The second-order valence-electron chi connectivity index (χ2n) is 3.51. The van der Waals surface area contributed by atoms with Crippen molar-refractivity contribution in [1.29, 1.82) is 0 Å². The smallest absolute Gasteiger partial charge is 0.238 e. The number of carbonyl (C=O) groups excluding carboxylic acids is 1. The normalized spacial score (nSPS) is 9.84. The first-order valence-electron chi connectivity index (χ1n) is 5.22. The number of methoxy groups -OCH3 is 1. The van der Waals surface area contributed by atoms with Gasteiger partial charge < -0.3 is 20.5 Å². The van der Waals surface area contributed by atoms with Crippen molar-refractivity contribution in [3.05, 3.63) is 22.2 Å². The van der Waals surface area contributed by atoms with Crippen LogP contribution in [0.2, 0.25) is 10.0 Å². The molecular formula is C11H15Cl3N2O3. The first-order valence-corrected chi connectivity index (χ1v) is 5.97. The van der Waals surface area contributed by atoms with Crippen molar-refractivity contribution >= 4 is 47.2 Å². The molecule has 0 aliphatic heterocycles. The highest BCUT2D eigenvalue weighted by atomic mass is 35.5. The molecule has 1 aromatic carbocycles. The molecule has 0 spiro atoms. The van der Waals surface area contributed by atoms with Gasteiger partial charge in [0, 0.05) is 19.3 Å². The van der Waals surface area contributed by atoms with Crippen LogP contribution in [-0.2, 0) is 9.53 Å². The number of anilines is 1. The van der Waals surface area contributed by atoms with Crippen LogP contribution in [-0.4, -0.2) is 37.8 Å². The lowest BCUT2D eigenvalue weighted by molar-refractivity contribution is -0.115. The van der Waals surface area contributed by atoms with Gasteiger partial charge in [0.2, 0.25) is 5.91 Å². The first-order chi connectivity index (χ1) is 8.54. The maximum absolute atomic E-state index is 11.5. The number of hydrogen-bond acceptors (Lipinski definition) is 4. The third-order valence-corrected chi connectivity index (χ3v) is 2.65. The molecule has 0 saturated heterocycles. The molecular weight excluding hydrogens is 314 g/mol. The summed E-state index contributed by atoms with van der Waals surface area (Å²) in [6.45, 7) is 1.27. The van der Waals surface area contributed by atoms with E-state index in [4.69, 9.17) is 27.9 Å². The number of carbonyl (C=O) groups is 1. The zero-order valence-corrected chi connectivity index (χ0v) is 12.5. The Kier molecular flexibility index (Phi) is 8.88. The van der Waals surface area contributed by atoms with Gasteiger partial charge in [-0.05, 0) is 12.1 Å². The number of benzene rings is 1. The van der Waals surface area contributed by atoms with Gasteiger partial charge in [-0.15, -0.1) is 12.4 Å². The van der Waals surface area contributed by atoms with E-state index in [-0.39, 0.29) is 40.7 Å². The maximum atomic E-state index is 11.5. The Hall–Kier alpha value is -0.720. The van der Waals surface area contributed by atoms with E-state index in [1.54, 1.807) is 7.11 Å². The van der Waals surface area contributed by atoms with Crippen molar-refractivity contribution in [2.24, 2.45) is 0 Å². The van der Waals surface area contributed by atoms with Gasteiger partial charge in [-0.1, -0.05) is 23.2 Å². The molecule has 0 radical (unpaired) electrons. The fourth-order valence-electron chi connectivity index (χ4n) is 1.22. The Morgan fingerprint density at radius 1 is 1.37 bits per heavy atom. The summed E-state index contributed by atoms with van der Waals surface area (Å²) >= 11 is 11.5. The van der Waals surface area contributed by atoms with Gasteiger partial charge in [-0.3, -0.25) is 4.79 Å². The summed E-state index contributed by atoms with van der Waals surface area (Å²) in [6.07, 6.45) is 0. The molecule has 0 bridgehead atoms. The van der Waals surface area contributed by atoms with Crippen LogP contribution in [0.5, 0.6) is 5.75 Å². The molecule has 1 aromatic rings. The molecule has 1 rings (SSSR count). The quantitative estimate of drug-likeness (QED) is 0.553. The summed E-state index contributed by atoms with van der Waals surface area (Å²) in [5.41, 5.74) is 0.432. The molecule has 0 unspecified atom stereocenters. The lowest BCUT2D eigenvalue weighted by atomic mass is 10.3. The average Bonchev–Trinajstić information content (AvgIpc) is 2.31. The number of phenols is 1. The summed E-state index contributed by atoms with van der Waals surface area (Å²) in [4.78, 5) is 11.5. The molecule has 8 heteroatoms. The minimum atomic E-state index is -0.232. The molecule has 0 fully saturated rings. The fraction of sp³-hybridized carbons (Fsp3) is 0.364. The summed E-state index contributed by atoms with van der Waals surface area (Å²) in [5.74, 6) is -0.432. The van der Waals surface area contributed by atoms with Gasteiger partial charge >= 0.3 is 0 Å². The molecule has 0 heterocycles. The monoisotopic (exact) mass is 328 g/mol. The van der Waals surface area contributed by atoms with Gasteiger partial charge in [0.15, 0.2) is 5.75 Å². The van der Waals surface area contributed by atoms with Crippen LogP contribution in [0.3, 0.4) is 0 Å². The van der Waals surface area contributed by atoms with Crippen LogP contribution in [0.4, 0.5) is 5.69 Å². The van der Waals surface area contributed by atoms with E-state index < -0.39 is 0 Å². The van der Waals surface area contributed by atoms with Crippen molar-refractivity contribution in [3.8, 4) is 5.75 Å². The van der Waals surface area contributed by atoms with Crippen molar-refractivity contribution in [2.75, 3.05) is 32.1 Å². The Morgan fingerprint density at radius 2 is 1.95 bits per heavy atom. The van der Waals surface area contributed by atoms with E-state index >= 15 is 0 Å². The number of halogens is 3. The number of nitrogens with one attached hydrogen (secondary N) is 2. The Morgan fingerprint density at radius 3 is 2.47 bits per heavy atom. The Bertz CT molecular complexity index is 407. The Labute approximate surface area is 127 Å². The molecule has 0 aliphatic rings. The number of hydrogen-bond donors (Lipinski definition) is 3. The highest BCUT2D eigenvalue weighted by Crippen LogP contribution is 2.34. The standard InChI is InChI=1S/C11H14Cl2N2O3.ClH/c1-18-3-2-14-6-10(16)15-7-4-8(12)11(17)9(13)5-7;/h4-5,14,17H,2-3,6H2,1H3,(H,15,16);1H. The van der Waals surface area contributed by atoms with Gasteiger partial charge in [0.1, 0.15) is 0 Å². The predicted molar refractivity (Wildman–Crippen MR) is 78.8 cm³/mol. The number of phenolic OH excluding ortho intramolecular Hbond substituents is 1. The topological polar surface area (TPSA) is 70.6 Å². The highest BCUT2D eigenvalue weighted by molar-refractivity contribution is 6.37. The predicted octanol–water partition coefficient (Wildman–Crippen LogP) is 2.30. The van der Waals surface area contributed by atoms with Crippen LogP contribution in [0.1, 0.15) is 0 Å². The second kappa shape index (κ2) is 9.23. The summed E-state index contributed by atoms with van der Waals surface area (Å²) < 4.78 is 4.83. The SMILES string of the molecule is COCCNCC(=O)Nc1cc(Cl)c(O)c(Cl)c1.Cl. The van der Waals surface area contributed by atoms with Gasteiger partial charge in [-0.2, -0.15) is 0 Å². The number of aromatic hydroxyl groups is 1. The van der Waals surface area contributed by atoms with Crippen LogP contribution < -0.4 is 10.6 Å². The number of rotatable bonds is 6. The van der Waals surface area contributed by atoms with Crippen molar-refractivity contribution in [3.63, 3.8) is 0 Å². The van der Waals surface area contributed by atoms with E-state index in [0.717, 1.165) is 0 Å². The summed E-state index contributed by atoms with van der Waals surface area (Å²) in [7, 11) is 1.59. The van der Waals surface area contributed by atoms with E-state index in [1.165, 1.54) is 12.1 Å². The zero-order valence-electron chi connectivity index (χ0n) is 10.2. The molecule has 108 valence electrons. The van der Waals surface area contributed by atoms with Gasteiger partial charge in [0.25, 0.3) is 0 Å². The van der Waals surface area contributed by atoms with Gasteiger partial charge in [0.05, 0.1) is 23.2 Å². The molecule has 0 aromatic heterocycles. The molecule has 0 saturated carbocycles. The Balaban J connectivity index is 0.00000324. The third kappa shape index (κ3) is 6.31. The summed E-state index contributed by atoms with van der Waals surface area (Å²) in [6, 6.07) is 2.85.